The molecule has 3 aromatic rings. The lowest BCUT2D eigenvalue weighted by Crippen LogP contribution is -2.22. The van der Waals surface area contributed by atoms with Crippen molar-refractivity contribution in [1.29, 1.82) is 0 Å². The molecule has 3 rings (SSSR count). The zero-order valence-electron chi connectivity index (χ0n) is 12.4. The van der Waals surface area contributed by atoms with Crippen LogP contribution < -0.4 is 5.32 Å². The van der Waals surface area contributed by atoms with Gasteiger partial charge in [0.2, 0.25) is 0 Å². The summed E-state index contributed by atoms with van der Waals surface area (Å²) in [5, 5.41) is 7.25. The van der Waals surface area contributed by atoms with Crippen LogP contribution >= 0.6 is 11.3 Å². The van der Waals surface area contributed by atoms with Crippen molar-refractivity contribution < 1.29 is 0 Å². The lowest BCUT2D eigenvalue weighted by molar-refractivity contribution is 0.597. The molecular weight excluding hydrogens is 274 g/mol. The van der Waals surface area contributed by atoms with E-state index in [2.05, 4.69) is 72.2 Å². The number of fused-ring (bicyclic) bond motifs is 1. The van der Waals surface area contributed by atoms with Crippen LogP contribution in [0.15, 0.2) is 60.0 Å². The summed E-state index contributed by atoms with van der Waals surface area (Å²) in [6.45, 7) is 4.22. The number of likely N-dealkylation sites (N-methyl/N-ethyl adjacent to an activating group) is 1. The molecule has 0 radical (unpaired) electrons. The van der Waals surface area contributed by atoms with Crippen molar-refractivity contribution in [3.05, 3.63) is 71.1 Å². The van der Waals surface area contributed by atoms with Gasteiger partial charge < -0.3 is 5.32 Å². The highest BCUT2D eigenvalue weighted by Crippen LogP contribution is 2.30. The third kappa shape index (κ3) is 3.34. The van der Waals surface area contributed by atoms with Crippen molar-refractivity contribution in [2.75, 3.05) is 13.1 Å². The smallest absolute Gasteiger partial charge is 0.0345 e. The van der Waals surface area contributed by atoms with Gasteiger partial charge in [-0.1, -0.05) is 55.5 Å². The van der Waals surface area contributed by atoms with Gasteiger partial charge in [0.05, 0.1) is 0 Å². The van der Waals surface area contributed by atoms with Crippen LogP contribution in [-0.2, 0) is 6.42 Å². The fourth-order valence-corrected chi connectivity index (χ4v) is 3.78. The summed E-state index contributed by atoms with van der Waals surface area (Å²) < 4.78 is 1.39. The Kier molecular flexibility index (Phi) is 4.69. The van der Waals surface area contributed by atoms with E-state index in [9.17, 15) is 0 Å². The van der Waals surface area contributed by atoms with E-state index >= 15 is 0 Å². The molecule has 1 nitrogen and oxygen atoms in total. The Balaban J connectivity index is 1.87. The molecule has 0 saturated heterocycles. The molecule has 2 heteroatoms. The summed E-state index contributed by atoms with van der Waals surface area (Å²) in [5.41, 5.74) is 2.90. The van der Waals surface area contributed by atoms with Crippen molar-refractivity contribution in [1.82, 2.24) is 5.32 Å². The standard InChI is InChI=1S/C19H21NS/c1-2-20-13-16(15-8-4-3-5-9-15)12-17-14-21-19-11-7-6-10-18(17)19/h3-11,14,16,20H,2,12-13H2,1H3. The highest BCUT2D eigenvalue weighted by molar-refractivity contribution is 7.17. The molecule has 0 fully saturated rings. The minimum absolute atomic E-state index is 0.532. The van der Waals surface area contributed by atoms with Crippen LogP contribution in [0.3, 0.4) is 0 Å². The summed E-state index contributed by atoms with van der Waals surface area (Å²) in [7, 11) is 0. The highest BCUT2D eigenvalue weighted by Gasteiger charge is 2.14. The van der Waals surface area contributed by atoms with Crippen LogP contribution in [0.5, 0.6) is 0 Å². The van der Waals surface area contributed by atoms with Gasteiger partial charge >= 0.3 is 0 Å². The molecule has 1 unspecified atom stereocenters. The van der Waals surface area contributed by atoms with E-state index in [-0.39, 0.29) is 0 Å². The predicted octanol–water partition coefficient (Wildman–Crippen LogP) is 4.84. The molecule has 0 aliphatic heterocycles. The fourth-order valence-electron chi connectivity index (χ4n) is 2.81. The summed E-state index contributed by atoms with van der Waals surface area (Å²) >= 11 is 1.85. The number of rotatable bonds is 6. The van der Waals surface area contributed by atoms with Gasteiger partial charge in [0.25, 0.3) is 0 Å². The summed E-state index contributed by atoms with van der Waals surface area (Å²) in [4.78, 5) is 0. The molecule has 0 bridgehead atoms. The first kappa shape index (κ1) is 14.3. The minimum atomic E-state index is 0.532. The SMILES string of the molecule is CCNCC(Cc1csc2ccccc12)c1ccccc1. The second kappa shape index (κ2) is 6.88. The van der Waals surface area contributed by atoms with Crippen molar-refractivity contribution in [3.8, 4) is 0 Å². The Morgan fingerprint density at radius 3 is 2.57 bits per heavy atom. The molecule has 0 saturated carbocycles. The fraction of sp³-hybridized carbons (Fsp3) is 0.263. The van der Waals surface area contributed by atoms with E-state index in [0.29, 0.717) is 5.92 Å². The zero-order valence-corrected chi connectivity index (χ0v) is 13.2. The first-order valence-corrected chi connectivity index (χ1v) is 8.47. The van der Waals surface area contributed by atoms with Gasteiger partial charge in [-0.2, -0.15) is 0 Å². The van der Waals surface area contributed by atoms with Crippen molar-refractivity contribution in [2.24, 2.45) is 0 Å². The van der Waals surface area contributed by atoms with Gasteiger partial charge in [-0.15, -0.1) is 11.3 Å². The molecule has 2 aromatic carbocycles. The largest absolute Gasteiger partial charge is 0.316 e. The van der Waals surface area contributed by atoms with Crippen LogP contribution in [0, 0.1) is 0 Å². The summed E-state index contributed by atoms with van der Waals surface area (Å²) in [5.74, 6) is 0.532. The lowest BCUT2D eigenvalue weighted by Gasteiger charge is -2.17. The Labute approximate surface area is 130 Å². The normalized spacial score (nSPS) is 12.6. The molecular formula is C19H21NS. The average Bonchev–Trinajstić information content (AvgIpc) is 2.95. The number of thiophene rings is 1. The van der Waals surface area contributed by atoms with E-state index in [1.165, 1.54) is 21.2 Å². The molecule has 0 amide bonds. The average molecular weight is 295 g/mol. The van der Waals surface area contributed by atoms with Crippen molar-refractivity contribution >= 4 is 21.4 Å². The van der Waals surface area contributed by atoms with Crippen LogP contribution in [0.4, 0.5) is 0 Å². The van der Waals surface area contributed by atoms with Crippen LogP contribution in [0.1, 0.15) is 24.0 Å². The quantitative estimate of drug-likeness (QED) is 0.686. The Hall–Kier alpha value is -1.64. The van der Waals surface area contributed by atoms with E-state index in [1.807, 2.05) is 11.3 Å². The van der Waals surface area contributed by atoms with Crippen LogP contribution in [-0.4, -0.2) is 13.1 Å². The van der Waals surface area contributed by atoms with E-state index in [1.54, 1.807) is 0 Å². The monoisotopic (exact) mass is 295 g/mol. The van der Waals surface area contributed by atoms with E-state index in [4.69, 9.17) is 0 Å². The zero-order chi connectivity index (χ0) is 14.5. The highest BCUT2D eigenvalue weighted by atomic mass is 32.1. The van der Waals surface area contributed by atoms with Crippen molar-refractivity contribution in [3.63, 3.8) is 0 Å². The third-order valence-electron chi connectivity index (χ3n) is 3.94. The molecule has 1 aromatic heterocycles. The molecule has 0 spiro atoms. The molecule has 21 heavy (non-hydrogen) atoms. The van der Waals surface area contributed by atoms with Gasteiger partial charge in [0.1, 0.15) is 0 Å². The second-order valence-electron chi connectivity index (χ2n) is 5.38. The summed E-state index contributed by atoms with van der Waals surface area (Å²) in [6.07, 6.45) is 1.10. The Morgan fingerprint density at radius 1 is 1.00 bits per heavy atom. The van der Waals surface area contributed by atoms with Gasteiger partial charge in [-0.25, -0.2) is 0 Å². The first-order chi connectivity index (χ1) is 10.4. The second-order valence-corrected chi connectivity index (χ2v) is 6.29. The van der Waals surface area contributed by atoms with Crippen molar-refractivity contribution in [2.45, 2.75) is 19.3 Å². The van der Waals surface area contributed by atoms with Gasteiger partial charge in [-0.05, 0) is 40.9 Å². The topological polar surface area (TPSA) is 12.0 Å². The number of hydrogen-bond donors (Lipinski definition) is 1. The van der Waals surface area contributed by atoms with E-state index in [0.717, 1.165) is 19.5 Å². The van der Waals surface area contributed by atoms with Gasteiger partial charge in [-0.3, -0.25) is 0 Å². The number of hydrogen-bond acceptors (Lipinski definition) is 2. The maximum atomic E-state index is 3.51. The maximum absolute atomic E-state index is 3.51. The predicted molar refractivity (Wildman–Crippen MR) is 93.3 cm³/mol. The first-order valence-electron chi connectivity index (χ1n) is 7.59. The molecule has 1 heterocycles. The van der Waals surface area contributed by atoms with Crippen LogP contribution in [0.25, 0.3) is 10.1 Å². The number of nitrogens with one attached hydrogen (secondary N) is 1. The van der Waals surface area contributed by atoms with Gasteiger partial charge in [0, 0.05) is 17.2 Å². The minimum Gasteiger partial charge on any atom is -0.316 e. The molecule has 1 N–H and O–H groups in total. The Bertz CT molecular complexity index is 687. The number of benzene rings is 2. The van der Waals surface area contributed by atoms with Crippen LogP contribution in [0.2, 0.25) is 0 Å². The molecule has 1 atom stereocenters. The lowest BCUT2D eigenvalue weighted by atomic mass is 9.91. The van der Waals surface area contributed by atoms with E-state index < -0.39 is 0 Å². The molecule has 0 aliphatic rings. The molecule has 108 valence electrons. The molecule has 0 aliphatic carbocycles. The Morgan fingerprint density at radius 2 is 1.76 bits per heavy atom. The summed E-state index contributed by atoms with van der Waals surface area (Å²) in [6, 6.07) is 19.6. The van der Waals surface area contributed by atoms with Gasteiger partial charge in [0.15, 0.2) is 0 Å². The maximum Gasteiger partial charge on any atom is 0.0345 e. The third-order valence-corrected chi connectivity index (χ3v) is 4.95.